The Morgan fingerprint density at radius 1 is 0.653 bits per heavy atom. The third-order valence-corrected chi connectivity index (χ3v) is 11.2. The Kier molecular flexibility index (Phi) is 21.3. The molecule has 1 aliphatic carbocycles. The lowest BCUT2D eigenvalue weighted by molar-refractivity contribution is -0.335. The summed E-state index contributed by atoms with van der Waals surface area (Å²) in [7, 11) is 0. The van der Waals surface area contributed by atoms with E-state index in [0.29, 0.717) is 0 Å². The first-order chi connectivity index (χ1) is 34.6. The summed E-state index contributed by atoms with van der Waals surface area (Å²) in [6, 6.07) is 12.9. The van der Waals surface area contributed by atoms with Gasteiger partial charge in [0.15, 0.2) is 24.8 Å². The van der Waals surface area contributed by atoms with Crippen molar-refractivity contribution in [2.75, 3.05) is 19.7 Å². The van der Waals surface area contributed by atoms with E-state index in [-0.39, 0.29) is 39.3 Å². The van der Waals surface area contributed by atoms with Gasteiger partial charge in [0.2, 0.25) is 0 Å². The monoisotopic (exact) mass is 1000 g/mol. The topological polar surface area (TPSA) is 399 Å². The van der Waals surface area contributed by atoms with Crippen LogP contribution < -0.4 is 5.32 Å². The molecular weight excluding hydrogens is 949 g/mol. The molecule has 386 valence electrons. The molecule has 1 saturated carbocycles. The van der Waals surface area contributed by atoms with Crippen molar-refractivity contribution < 1.29 is 61.8 Å². The zero-order valence-corrected chi connectivity index (χ0v) is 40.2. The maximum atomic E-state index is 13.6. The predicted octanol–water partition coefficient (Wildman–Crippen LogP) is 7.60. The summed E-state index contributed by atoms with van der Waals surface area (Å²) in [6.07, 6.45) is -17.0. The van der Waals surface area contributed by atoms with Crippen molar-refractivity contribution in [3.05, 3.63) is 124 Å². The number of esters is 2. The normalized spacial score (nSPS) is 29.9. The predicted molar refractivity (Wildman–Crippen MR) is 248 cm³/mol. The van der Waals surface area contributed by atoms with Gasteiger partial charge in [-0.2, -0.15) is 0 Å². The number of azide groups is 5. The molecule has 72 heavy (non-hydrogen) atoms. The van der Waals surface area contributed by atoms with Crippen molar-refractivity contribution in [3.8, 4) is 0 Å². The highest BCUT2D eigenvalue weighted by molar-refractivity contribution is 5.68. The van der Waals surface area contributed by atoms with Crippen LogP contribution in [-0.4, -0.2) is 135 Å². The Hall–Kier alpha value is -7.08. The largest absolute Gasteiger partial charge is 0.458 e. The molecule has 29 nitrogen and oxygen atoms in total. The van der Waals surface area contributed by atoms with Crippen LogP contribution in [0.2, 0.25) is 0 Å². The van der Waals surface area contributed by atoms with Crippen LogP contribution in [0.5, 0.6) is 0 Å². The number of rotatable bonds is 22. The molecule has 2 heterocycles. The zero-order chi connectivity index (χ0) is 52.2. The van der Waals surface area contributed by atoms with E-state index >= 15 is 0 Å². The minimum atomic E-state index is -1.75. The van der Waals surface area contributed by atoms with E-state index in [1.165, 1.54) is 6.92 Å². The summed E-state index contributed by atoms with van der Waals surface area (Å²) in [5, 5.41) is 22.0. The number of nitrogens with one attached hydrogen (secondary N) is 1. The number of benzene rings is 2. The van der Waals surface area contributed by atoms with E-state index in [0.717, 1.165) is 25.0 Å². The van der Waals surface area contributed by atoms with Gasteiger partial charge in [0.25, 0.3) is 0 Å². The molecule has 15 atom stereocenters. The van der Waals surface area contributed by atoms with Gasteiger partial charge in [-0.1, -0.05) is 86.2 Å². The summed E-state index contributed by atoms with van der Waals surface area (Å²) < 4.78 is 62.6. The average Bonchev–Trinajstić information content (AvgIpc) is 3.33. The van der Waals surface area contributed by atoms with Crippen molar-refractivity contribution >= 4 is 18.0 Å². The molecule has 5 rings (SSSR count). The first-order valence-corrected chi connectivity index (χ1v) is 22.6. The highest BCUT2D eigenvalue weighted by atomic mass is 16.7. The van der Waals surface area contributed by atoms with Crippen molar-refractivity contribution in [1.29, 1.82) is 0 Å². The van der Waals surface area contributed by atoms with Crippen LogP contribution in [0.25, 0.3) is 52.2 Å². The molecule has 0 bridgehead atoms. The van der Waals surface area contributed by atoms with Crippen LogP contribution in [0.15, 0.2) is 86.2 Å². The standard InChI is InChI=1S/C43H56N16O13/c1-23-31(53-58-47)37(67-24(2)60)39(68-25(3)61)41(66-23)71-38-33(63-18-17-49-55-44)28(51-42(62)72-43(4,5)6)19-29(52-57-46)34(38)70-40-32(54-59-48)36(65-22-27-15-11-8-12-16-27)35(30(69-40)20-50-56-45)64-21-26-13-9-7-10-14-26/h7-16,23,28-41H,17-22H2,1-6H3,(H,51,62)/t23?,28-,29?,30?,31-,32?,33?,34?,35-,36-,37+,38-,39?,40-,41+/m1/s1. The molecule has 3 fully saturated rings. The number of ether oxygens (including phenoxy) is 10. The summed E-state index contributed by atoms with van der Waals surface area (Å²) in [4.78, 5) is 53.7. The molecule has 2 aromatic rings. The number of amides is 1. The van der Waals surface area contributed by atoms with Crippen molar-refractivity contribution in [1.82, 2.24) is 5.32 Å². The highest BCUT2D eigenvalue weighted by Crippen LogP contribution is 2.39. The molecule has 0 spiro atoms. The minimum absolute atomic E-state index is 0.0118. The Balaban J connectivity index is 1.69. The van der Waals surface area contributed by atoms with Gasteiger partial charge in [-0.05, 0) is 72.9 Å². The lowest BCUT2D eigenvalue weighted by atomic mass is 9.83. The Labute approximate surface area is 412 Å². The second kappa shape index (κ2) is 27.5. The van der Waals surface area contributed by atoms with Gasteiger partial charge in [-0.25, -0.2) is 4.79 Å². The average molecular weight is 1010 g/mol. The second-order valence-corrected chi connectivity index (χ2v) is 17.5. The Morgan fingerprint density at radius 3 is 1.79 bits per heavy atom. The Bertz CT molecular complexity index is 2370. The number of carbonyl (C=O) groups is 3. The van der Waals surface area contributed by atoms with Gasteiger partial charge in [0, 0.05) is 45.0 Å². The van der Waals surface area contributed by atoms with Crippen LogP contribution in [0, 0.1) is 0 Å². The first-order valence-electron chi connectivity index (χ1n) is 22.6. The third-order valence-electron chi connectivity index (χ3n) is 11.2. The van der Waals surface area contributed by atoms with Gasteiger partial charge in [-0.3, -0.25) is 9.59 Å². The fraction of sp³-hybridized carbons (Fsp3) is 0.651. The Morgan fingerprint density at radius 2 is 1.22 bits per heavy atom. The van der Waals surface area contributed by atoms with Crippen LogP contribution in [-0.2, 0) is 70.2 Å². The summed E-state index contributed by atoms with van der Waals surface area (Å²) in [5.41, 5.74) is 49.0. The SMILES string of the molecule is CC(=O)OC1[C@H](O[C@H]2C(O[C@H]3OC(CN=[N+]=[N-])[C@@H](OCc4ccccc4)[C@H](OCc4ccccc4)C3N=[N+]=[N-])C(N=[N+]=[N-])C[C@@H](NC(=O)OC(C)(C)C)C2OCCN=[N+]=[N-])OC(C)[C@@H](N=[N+]=[N-])[C@@H]1OC(C)=O. The van der Waals surface area contributed by atoms with Crippen LogP contribution in [0.1, 0.15) is 59.1 Å². The van der Waals surface area contributed by atoms with Gasteiger partial charge in [0.05, 0.1) is 56.8 Å². The quantitative estimate of drug-likeness (QED) is 0.0297. The van der Waals surface area contributed by atoms with Gasteiger partial charge in [-0.15, -0.1) is 0 Å². The van der Waals surface area contributed by atoms with Crippen molar-refractivity contribution in [2.24, 2.45) is 25.6 Å². The zero-order valence-electron chi connectivity index (χ0n) is 40.2. The van der Waals surface area contributed by atoms with E-state index in [9.17, 15) is 36.5 Å². The molecule has 1 N–H and O–H groups in total. The van der Waals surface area contributed by atoms with E-state index < -0.39 is 115 Å². The van der Waals surface area contributed by atoms with Gasteiger partial charge >= 0.3 is 18.0 Å². The number of carbonyl (C=O) groups excluding carboxylic acids is 3. The molecule has 0 radical (unpaired) electrons. The number of hydrogen-bond acceptors (Lipinski definition) is 18. The van der Waals surface area contributed by atoms with Crippen LogP contribution in [0.4, 0.5) is 4.79 Å². The van der Waals surface area contributed by atoms with Crippen molar-refractivity contribution in [2.45, 2.75) is 158 Å². The molecule has 29 heteroatoms. The molecule has 1 amide bonds. The number of hydrogen-bond donors (Lipinski definition) is 1. The van der Waals surface area contributed by atoms with E-state index in [4.69, 9.17) is 52.9 Å². The van der Waals surface area contributed by atoms with E-state index in [1.807, 2.05) is 48.5 Å². The molecule has 7 unspecified atom stereocenters. The van der Waals surface area contributed by atoms with E-state index in [1.54, 1.807) is 32.9 Å². The lowest BCUT2D eigenvalue weighted by Crippen LogP contribution is -2.68. The van der Waals surface area contributed by atoms with Gasteiger partial charge < -0.3 is 52.7 Å². The summed E-state index contributed by atoms with van der Waals surface area (Å²) >= 11 is 0. The molecule has 3 aliphatic rings. The maximum absolute atomic E-state index is 13.6. The molecule has 0 aromatic heterocycles. The summed E-state index contributed by atoms with van der Waals surface area (Å²) in [5.74, 6) is -1.75. The fourth-order valence-corrected chi connectivity index (χ4v) is 8.39. The molecule has 2 aromatic carbocycles. The van der Waals surface area contributed by atoms with E-state index in [2.05, 4.69) is 55.4 Å². The van der Waals surface area contributed by atoms with Crippen molar-refractivity contribution in [3.63, 3.8) is 0 Å². The molecule has 2 aliphatic heterocycles. The number of alkyl carbamates (subject to hydrolysis) is 1. The molecule has 2 saturated heterocycles. The molecular formula is C43H56N16O13. The summed E-state index contributed by atoms with van der Waals surface area (Å²) in [6.45, 7) is 7.58. The first kappa shape index (κ1) is 55.8. The number of nitrogens with zero attached hydrogens (tertiary/aromatic N) is 15. The van der Waals surface area contributed by atoms with Crippen LogP contribution >= 0.6 is 0 Å². The lowest BCUT2D eigenvalue weighted by Gasteiger charge is -2.51. The van der Waals surface area contributed by atoms with Gasteiger partial charge in [0.1, 0.15) is 42.1 Å². The second-order valence-electron chi connectivity index (χ2n) is 17.5. The van der Waals surface area contributed by atoms with Crippen LogP contribution in [0.3, 0.4) is 0 Å². The fourth-order valence-electron chi connectivity index (χ4n) is 8.39. The highest BCUT2D eigenvalue weighted by Gasteiger charge is 2.56. The smallest absolute Gasteiger partial charge is 0.407 e. The minimum Gasteiger partial charge on any atom is -0.458 e. The maximum Gasteiger partial charge on any atom is 0.407 e. The third kappa shape index (κ3) is 16.0.